The molecule has 2 rings (SSSR count). The first-order valence-electron chi connectivity index (χ1n) is 7.63. The van der Waals surface area contributed by atoms with E-state index in [-0.39, 0.29) is 25.3 Å². The van der Waals surface area contributed by atoms with E-state index < -0.39 is 16.9 Å². The second-order valence-electron chi connectivity index (χ2n) is 6.27. The maximum absolute atomic E-state index is 12.7. The van der Waals surface area contributed by atoms with Crippen LogP contribution in [0.25, 0.3) is 0 Å². The van der Waals surface area contributed by atoms with Gasteiger partial charge in [0.15, 0.2) is 0 Å². The van der Waals surface area contributed by atoms with E-state index in [1.54, 1.807) is 13.2 Å². The molecule has 0 saturated heterocycles. The van der Waals surface area contributed by atoms with Gasteiger partial charge in [-0.2, -0.15) is 0 Å². The number of hydrogen-bond acceptors (Lipinski definition) is 5. The molecule has 5 nitrogen and oxygen atoms in total. The van der Waals surface area contributed by atoms with Gasteiger partial charge in [-0.15, -0.1) is 0 Å². The minimum absolute atomic E-state index is 0.101. The summed E-state index contributed by atoms with van der Waals surface area (Å²) >= 11 is 0. The van der Waals surface area contributed by atoms with E-state index in [1.807, 2.05) is 13.0 Å². The molecule has 0 aromatic carbocycles. The predicted molar refractivity (Wildman–Crippen MR) is 77.6 cm³/mol. The zero-order valence-corrected chi connectivity index (χ0v) is 12.9. The Bertz CT molecular complexity index is 405. The third-order valence-electron chi connectivity index (χ3n) is 5.33. The number of ether oxygens (including phenoxy) is 2. The Labute approximate surface area is 125 Å². The Morgan fingerprint density at radius 3 is 2.76 bits per heavy atom. The summed E-state index contributed by atoms with van der Waals surface area (Å²) in [4.78, 5) is 12.7. The van der Waals surface area contributed by atoms with Crippen LogP contribution < -0.4 is 0 Å². The van der Waals surface area contributed by atoms with E-state index in [2.05, 4.69) is 0 Å². The van der Waals surface area contributed by atoms with Crippen molar-refractivity contribution in [3.8, 4) is 0 Å². The van der Waals surface area contributed by atoms with Gasteiger partial charge in [0.05, 0.1) is 24.2 Å². The number of methoxy groups -OCH3 is 1. The van der Waals surface area contributed by atoms with E-state index >= 15 is 0 Å². The lowest BCUT2D eigenvalue weighted by atomic mass is 9.52. The fourth-order valence-corrected chi connectivity index (χ4v) is 4.23. The van der Waals surface area contributed by atoms with Crippen LogP contribution in [0.5, 0.6) is 0 Å². The van der Waals surface area contributed by atoms with Gasteiger partial charge in [0.2, 0.25) is 0 Å². The average Bonchev–Trinajstić information content (AvgIpc) is 2.86. The zero-order valence-electron chi connectivity index (χ0n) is 12.9. The van der Waals surface area contributed by atoms with Crippen molar-refractivity contribution in [3.05, 3.63) is 12.2 Å². The zero-order chi connectivity index (χ0) is 15.5. The van der Waals surface area contributed by atoms with Crippen molar-refractivity contribution in [2.75, 3.05) is 20.5 Å². The summed E-state index contributed by atoms with van der Waals surface area (Å²) in [5, 5.41) is 19.7. The molecule has 2 saturated carbocycles. The summed E-state index contributed by atoms with van der Waals surface area (Å²) < 4.78 is 10.8. The molecule has 2 N–H and O–H groups in total. The number of aliphatic hydroxyl groups excluding tert-OH is 2. The summed E-state index contributed by atoms with van der Waals surface area (Å²) in [6.45, 7) is 1.96. The van der Waals surface area contributed by atoms with Crippen molar-refractivity contribution in [2.24, 2.45) is 10.8 Å². The molecule has 120 valence electrons. The SMILES string of the molecule is COCO[C@H]1CC[C@@H](O)[C@@](C)(/C=C/CO)[C@]12CCCC2=O. The van der Waals surface area contributed by atoms with Crippen molar-refractivity contribution in [3.63, 3.8) is 0 Å². The number of Topliss-reactive ketones (excluding diaryl/α,β-unsaturated/α-hetero) is 1. The van der Waals surface area contributed by atoms with Crippen molar-refractivity contribution < 1.29 is 24.5 Å². The van der Waals surface area contributed by atoms with Crippen LogP contribution in [-0.2, 0) is 14.3 Å². The standard InChI is InChI=1S/C16H26O5/c1-15(8-4-10-17)12(18)6-7-14(21-11-20-2)16(15)9-3-5-13(16)19/h4,8,12,14,17-18H,3,5-7,9-11H2,1-2H3/b8-4+/t12-,14+,15-,16+/m1/s1. The number of aliphatic hydroxyl groups is 2. The van der Waals surface area contributed by atoms with Crippen LogP contribution in [0.1, 0.15) is 39.0 Å². The molecule has 0 amide bonds. The summed E-state index contributed by atoms with van der Waals surface area (Å²) in [7, 11) is 1.56. The molecule has 0 unspecified atom stereocenters. The molecule has 5 heteroatoms. The normalized spacial score (nSPS) is 40.5. The van der Waals surface area contributed by atoms with Crippen molar-refractivity contribution in [1.29, 1.82) is 0 Å². The Morgan fingerprint density at radius 2 is 2.19 bits per heavy atom. The van der Waals surface area contributed by atoms with E-state index in [0.29, 0.717) is 25.7 Å². The van der Waals surface area contributed by atoms with Gasteiger partial charge in [-0.05, 0) is 25.7 Å². The number of carbonyl (C=O) groups is 1. The molecular formula is C16H26O5. The highest BCUT2D eigenvalue weighted by Gasteiger charge is 2.63. The van der Waals surface area contributed by atoms with Gasteiger partial charge in [-0.25, -0.2) is 0 Å². The molecule has 2 aliphatic carbocycles. The Kier molecular flexibility index (Phi) is 5.20. The van der Waals surface area contributed by atoms with E-state index in [1.165, 1.54) is 0 Å². The highest BCUT2D eigenvalue weighted by Crippen LogP contribution is 2.59. The largest absolute Gasteiger partial charge is 0.392 e. The smallest absolute Gasteiger partial charge is 0.146 e. The minimum atomic E-state index is -0.713. The van der Waals surface area contributed by atoms with E-state index in [4.69, 9.17) is 14.6 Å². The first kappa shape index (κ1) is 16.6. The first-order valence-corrected chi connectivity index (χ1v) is 7.63. The molecule has 0 aromatic heterocycles. The lowest BCUT2D eigenvalue weighted by Gasteiger charge is -2.54. The molecule has 1 spiro atoms. The third kappa shape index (κ3) is 2.57. The molecule has 0 aliphatic heterocycles. The molecular weight excluding hydrogens is 272 g/mol. The number of hydrogen-bond donors (Lipinski definition) is 2. The first-order chi connectivity index (χ1) is 10.0. The van der Waals surface area contributed by atoms with Crippen LogP contribution in [0.4, 0.5) is 0 Å². The van der Waals surface area contributed by atoms with Crippen LogP contribution in [0.15, 0.2) is 12.2 Å². The van der Waals surface area contributed by atoms with Gasteiger partial charge in [0, 0.05) is 18.9 Å². The van der Waals surface area contributed by atoms with Gasteiger partial charge < -0.3 is 19.7 Å². The fraction of sp³-hybridized carbons (Fsp3) is 0.812. The lowest BCUT2D eigenvalue weighted by molar-refractivity contribution is -0.193. The fourth-order valence-electron chi connectivity index (χ4n) is 4.23. The summed E-state index contributed by atoms with van der Waals surface area (Å²) in [5.41, 5.74) is -1.42. The molecule has 0 heterocycles. The Balaban J connectivity index is 2.43. The Hall–Kier alpha value is -0.750. The number of rotatable bonds is 5. The quantitative estimate of drug-likeness (QED) is 0.593. The average molecular weight is 298 g/mol. The van der Waals surface area contributed by atoms with Crippen LogP contribution >= 0.6 is 0 Å². The van der Waals surface area contributed by atoms with Gasteiger partial charge in [-0.1, -0.05) is 19.1 Å². The van der Waals surface area contributed by atoms with Gasteiger partial charge in [0.25, 0.3) is 0 Å². The van der Waals surface area contributed by atoms with E-state index in [0.717, 1.165) is 6.42 Å². The van der Waals surface area contributed by atoms with Gasteiger partial charge in [-0.3, -0.25) is 4.79 Å². The van der Waals surface area contributed by atoms with Gasteiger partial charge in [0.1, 0.15) is 12.6 Å². The maximum atomic E-state index is 12.7. The van der Waals surface area contributed by atoms with E-state index in [9.17, 15) is 9.90 Å². The second-order valence-corrected chi connectivity index (χ2v) is 6.27. The van der Waals surface area contributed by atoms with Crippen molar-refractivity contribution >= 4 is 5.78 Å². The van der Waals surface area contributed by atoms with Crippen molar-refractivity contribution in [1.82, 2.24) is 0 Å². The van der Waals surface area contributed by atoms with Gasteiger partial charge >= 0.3 is 0 Å². The highest BCUT2D eigenvalue weighted by molar-refractivity contribution is 5.89. The van der Waals surface area contributed by atoms with Crippen molar-refractivity contribution in [2.45, 2.75) is 51.2 Å². The van der Waals surface area contributed by atoms with Crippen LogP contribution in [0, 0.1) is 10.8 Å². The molecule has 4 atom stereocenters. The summed E-state index contributed by atoms with van der Waals surface area (Å²) in [6, 6.07) is 0. The number of ketones is 1. The molecule has 2 fully saturated rings. The Morgan fingerprint density at radius 1 is 1.43 bits per heavy atom. The predicted octanol–water partition coefficient (Wildman–Crippen LogP) is 1.42. The third-order valence-corrected chi connectivity index (χ3v) is 5.33. The molecule has 21 heavy (non-hydrogen) atoms. The molecule has 0 aromatic rings. The lowest BCUT2D eigenvalue weighted by Crippen LogP contribution is -2.60. The highest BCUT2D eigenvalue weighted by atomic mass is 16.7. The summed E-state index contributed by atoms with van der Waals surface area (Å²) in [6.07, 6.45) is 5.87. The monoisotopic (exact) mass is 298 g/mol. The van der Waals surface area contributed by atoms with Crippen LogP contribution in [-0.4, -0.2) is 48.7 Å². The molecule has 2 aliphatic rings. The number of carbonyl (C=O) groups excluding carboxylic acids is 1. The molecule has 0 bridgehead atoms. The minimum Gasteiger partial charge on any atom is -0.392 e. The van der Waals surface area contributed by atoms with Crippen LogP contribution in [0.2, 0.25) is 0 Å². The topological polar surface area (TPSA) is 76.0 Å². The van der Waals surface area contributed by atoms with Crippen LogP contribution in [0.3, 0.4) is 0 Å². The molecule has 0 radical (unpaired) electrons. The summed E-state index contributed by atoms with van der Waals surface area (Å²) in [5.74, 6) is 0.160. The second kappa shape index (κ2) is 6.57. The maximum Gasteiger partial charge on any atom is 0.146 e.